The van der Waals surface area contributed by atoms with Crippen LogP contribution in [0.2, 0.25) is 0 Å². The second-order valence-electron chi connectivity index (χ2n) is 8.58. The number of fused-ring (bicyclic) bond motifs is 1. The van der Waals surface area contributed by atoms with Crippen molar-refractivity contribution in [2.45, 2.75) is 38.7 Å². The lowest BCUT2D eigenvalue weighted by molar-refractivity contribution is -0.141. The summed E-state index contributed by atoms with van der Waals surface area (Å²) >= 11 is 3.48. The summed E-state index contributed by atoms with van der Waals surface area (Å²) in [4.78, 5) is 12.7. The Morgan fingerprint density at radius 3 is 2.43 bits per heavy atom. The minimum atomic E-state index is -0.818. The molecule has 0 fully saturated rings. The van der Waals surface area contributed by atoms with Gasteiger partial charge in [0.15, 0.2) is 6.10 Å². The van der Waals surface area contributed by atoms with Crippen molar-refractivity contribution in [2.24, 2.45) is 5.73 Å². The molecule has 3 aromatic carbocycles. The van der Waals surface area contributed by atoms with Gasteiger partial charge in [0.2, 0.25) is 5.88 Å². The van der Waals surface area contributed by atoms with Gasteiger partial charge in [-0.25, -0.2) is 4.79 Å². The molecule has 0 aromatic heterocycles. The first kappa shape index (κ1) is 24.4. The highest BCUT2D eigenvalue weighted by Crippen LogP contribution is 2.43. The molecule has 0 amide bonds. The highest BCUT2D eigenvalue weighted by atomic mass is 79.9. The Hall–Kier alpha value is -3.76. The van der Waals surface area contributed by atoms with E-state index in [4.69, 9.17) is 19.9 Å². The van der Waals surface area contributed by atoms with Gasteiger partial charge >= 0.3 is 5.97 Å². The molecular weight excluding hydrogens is 508 g/mol. The Morgan fingerprint density at radius 1 is 1.06 bits per heavy atom. The summed E-state index contributed by atoms with van der Waals surface area (Å²) in [5.74, 6) is 0.797. The van der Waals surface area contributed by atoms with Crippen LogP contribution in [0, 0.1) is 11.3 Å². The van der Waals surface area contributed by atoms with E-state index in [1.54, 1.807) is 25.1 Å². The van der Waals surface area contributed by atoms with Gasteiger partial charge in [-0.05, 0) is 54.3 Å². The number of carbonyl (C=O) groups excluding carboxylic acids is 1. The summed E-state index contributed by atoms with van der Waals surface area (Å²) in [6.45, 7) is 5.87. The molecule has 1 aliphatic rings. The Bertz CT molecular complexity index is 1330. The number of carbonyl (C=O) groups is 1. The summed E-state index contributed by atoms with van der Waals surface area (Å²) in [5, 5.41) is 9.72. The first-order valence-corrected chi connectivity index (χ1v) is 12.0. The molecule has 2 N–H and O–H groups in total. The highest BCUT2D eigenvalue weighted by Gasteiger charge is 2.31. The smallest absolute Gasteiger partial charge is 0.352 e. The van der Waals surface area contributed by atoms with Crippen LogP contribution in [-0.2, 0) is 4.79 Å². The number of rotatable bonds is 6. The average molecular weight is 533 g/mol. The van der Waals surface area contributed by atoms with Crippen LogP contribution in [0.3, 0.4) is 0 Å². The monoisotopic (exact) mass is 532 g/mol. The number of esters is 1. The van der Waals surface area contributed by atoms with Crippen molar-refractivity contribution < 1.29 is 19.0 Å². The van der Waals surface area contributed by atoms with Gasteiger partial charge in [0.1, 0.15) is 28.9 Å². The third-order valence-corrected chi connectivity index (χ3v) is 6.28. The molecule has 0 bridgehead atoms. The van der Waals surface area contributed by atoms with Crippen molar-refractivity contribution in [1.29, 1.82) is 5.26 Å². The van der Waals surface area contributed by atoms with Crippen molar-refractivity contribution in [2.75, 3.05) is 0 Å². The molecule has 2 atom stereocenters. The zero-order valence-corrected chi connectivity index (χ0v) is 21.2. The van der Waals surface area contributed by atoms with Crippen molar-refractivity contribution in [1.82, 2.24) is 0 Å². The molecule has 4 rings (SSSR count). The molecule has 0 radical (unpaired) electrons. The predicted molar refractivity (Wildman–Crippen MR) is 136 cm³/mol. The van der Waals surface area contributed by atoms with Gasteiger partial charge in [-0.3, -0.25) is 0 Å². The molecule has 2 unspecified atom stereocenters. The van der Waals surface area contributed by atoms with Crippen LogP contribution < -0.4 is 19.9 Å². The number of nitriles is 1. The van der Waals surface area contributed by atoms with E-state index in [9.17, 15) is 10.1 Å². The van der Waals surface area contributed by atoms with Gasteiger partial charge in [-0.2, -0.15) is 5.26 Å². The molecule has 3 aromatic rings. The van der Waals surface area contributed by atoms with Crippen LogP contribution in [0.15, 0.2) is 82.7 Å². The summed E-state index contributed by atoms with van der Waals surface area (Å²) < 4.78 is 17.9. The number of benzene rings is 3. The van der Waals surface area contributed by atoms with Crippen molar-refractivity contribution >= 4 is 21.9 Å². The number of ether oxygens (including phenoxy) is 3. The normalized spacial score (nSPS) is 15.6. The van der Waals surface area contributed by atoms with Crippen LogP contribution in [0.5, 0.6) is 17.2 Å². The first-order chi connectivity index (χ1) is 16.8. The summed E-state index contributed by atoms with van der Waals surface area (Å²) in [6.07, 6.45) is -0.818. The van der Waals surface area contributed by atoms with Gasteiger partial charge in [-0.15, -0.1) is 0 Å². The van der Waals surface area contributed by atoms with E-state index in [-0.39, 0.29) is 5.88 Å². The van der Waals surface area contributed by atoms with Crippen molar-refractivity contribution in [3.05, 3.63) is 99.3 Å². The quantitative estimate of drug-likeness (QED) is 0.301. The summed E-state index contributed by atoms with van der Waals surface area (Å²) in [5.41, 5.74) is 9.24. The van der Waals surface area contributed by atoms with Gasteiger partial charge in [0.05, 0.1) is 5.92 Å². The topological polar surface area (TPSA) is 94.6 Å². The molecule has 6 nitrogen and oxygen atoms in total. The maximum absolute atomic E-state index is 12.7. The molecule has 1 heterocycles. The van der Waals surface area contributed by atoms with E-state index in [0.717, 1.165) is 15.6 Å². The largest absolute Gasteiger partial charge is 0.479 e. The Morgan fingerprint density at radius 2 is 1.77 bits per heavy atom. The zero-order chi connectivity index (χ0) is 25.1. The van der Waals surface area contributed by atoms with Crippen molar-refractivity contribution in [3.63, 3.8) is 0 Å². The fourth-order valence-electron chi connectivity index (χ4n) is 3.91. The number of halogens is 1. The standard InChI is InChI=1S/C28H25BrN2O4/c1-16(2)18-7-9-21(10-8-18)33-17(3)28(32)34-22-11-12-23-25(14-22)35-27(31)24(15-30)26(23)19-5-4-6-20(29)13-19/h4-14,16-17,26H,31H2,1-3H3. The van der Waals surface area contributed by atoms with E-state index in [0.29, 0.717) is 28.7 Å². The van der Waals surface area contributed by atoms with Crippen LogP contribution in [0.4, 0.5) is 0 Å². The molecule has 0 aliphatic carbocycles. The third kappa shape index (κ3) is 5.33. The average Bonchev–Trinajstić information content (AvgIpc) is 2.83. The molecule has 0 saturated heterocycles. The van der Waals surface area contributed by atoms with Crippen molar-refractivity contribution in [3.8, 4) is 23.3 Å². The molecular formula is C28H25BrN2O4. The van der Waals surface area contributed by atoms with Gasteiger partial charge in [0.25, 0.3) is 0 Å². The van der Waals surface area contributed by atoms with Crippen LogP contribution >= 0.6 is 15.9 Å². The number of hydrogen-bond donors (Lipinski definition) is 1. The van der Waals surface area contributed by atoms with Gasteiger partial charge < -0.3 is 19.9 Å². The predicted octanol–water partition coefficient (Wildman–Crippen LogP) is 6.16. The fraction of sp³-hybridized carbons (Fsp3) is 0.214. The summed E-state index contributed by atoms with van der Waals surface area (Å²) in [6, 6.07) is 22.5. The lowest BCUT2D eigenvalue weighted by atomic mass is 9.83. The molecule has 35 heavy (non-hydrogen) atoms. The van der Waals surface area contributed by atoms with E-state index >= 15 is 0 Å². The highest BCUT2D eigenvalue weighted by molar-refractivity contribution is 9.10. The zero-order valence-electron chi connectivity index (χ0n) is 19.6. The van der Waals surface area contributed by atoms with Gasteiger partial charge in [-0.1, -0.05) is 60.1 Å². The Kier molecular flexibility index (Phi) is 7.13. The SMILES string of the molecule is CC(Oc1ccc(C(C)C)cc1)C(=O)Oc1ccc2c(c1)OC(N)=C(C#N)C2c1cccc(Br)c1. The van der Waals surface area contributed by atoms with E-state index < -0.39 is 18.0 Å². The molecule has 0 spiro atoms. The number of allylic oxidation sites excluding steroid dienone is 1. The Labute approximate surface area is 213 Å². The lowest BCUT2D eigenvalue weighted by Gasteiger charge is -2.27. The molecule has 0 saturated carbocycles. The number of hydrogen-bond acceptors (Lipinski definition) is 6. The first-order valence-electron chi connectivity index (χ1n) is 11.2. The van der Waals surface area contributed by atoms with E-state index in [2.05, 4.69) is 35.8 Å². The fourth-order valence-corrected chi connectivity index (χ4v) is 4.33. The van der Waals surface area contributed by atoms with Gasteiger partial charge in [0, 0.05) is 16.1 Å². The van der Waals surface area contributed by atoms with E-state index in [1.807, 2.05) is 48.5 Å². The Balaban J connectivity index is 1.53. The summed E-state index contributed by atoms with van der Waals surface area (Å²) in [7, 11) is 0. The van der Waals surface area contributed by atoms with Crippen LogP contribution in [0.25, 0.3) is 0 Å². The molecule has 7 heteroatoms. The van der Waals surface area contributed by atoms with E-state index in [1.165, 1.54) is 5.56 Å². The molecule has 178 valence electrons. The molecule has 1 aliphatic heterocycles. The maximum atomic E-state index is 12.7. The number of nitrogens with zero attached hydrogens (tertiary/aromatic N) is 1. The maximum Gasteiger partial charge on any atom is 0.352 e. The van der Waals surface area contributed by atoms with Crippen LogP contribution in [0.1, 0.15) is 49.3 Å². The lowest BCUT2D eigenvalue weighted by Crippen LogP contribution is -2.28. The second kappa shape index (κ2) is 10.2. The van der Waals surface area contributed by atoms with Crippen LogP contribution in [-0.4, -0.2) is 12.1 Å². The minimum absolute atomic E-state index is 0.0231. The minimum Gasteiger partial charge on any atom is -0.479 e. The number of nitrogens with two attached hydrogens (primary N) is 1. The second-order valence-corrected chi connectivity index (χ2v) is 9.50. The third-order valence-electron chi connectivity index (χ3n) is 5.78.